The molecule has 0 atom stereocenters. The molecule has 0 fully saturated rings. The van der Waals surface area contributed by atoms with Crippen LogP contribution in [0.25, 0.3) is 0 Å². The molecule has 0 spiro atoms. The van der Waals surface area contributed by atoms with E-state index in [9.17, 15) is 9.59 Å². The van der Waals surface area contributed by atoms with Crippen molar-refractivity contribution in [1.29, 1.82) is 0 Å². The smallest absolute Gasteiger partial charge is 0.367 e. The van der Waals surface area contributed by atoms with E-state index in [-0.39, 0.29) is 23.2 Å². The highest BCUT2D eigenvalue weighted by molar-refractivity contribution is 7.11. The molecule has 0 aromatic carbocycles. The number of hydrogen-bond acceptors (Lipinski definition) is 6. The van der Waals surface area contributed by atoms with Crippen LogP contribution in [0.15, 0.2) is 11.6 Å². The van der Waals surface area contributed by atoms with Gasteiger partial charge < -0.3 is 10.1 Å². The Balaban J connectivity index is 1.96. The third-order valence-electron chi connectivity index (χ3n) is 2.56. The van der Waals surface area contributed by atoms with Crippen molar-refractivity contribution in [2.75, 3.05) is 6.61 Å². The number of carbonyl (C=O) groups is 2. The number of amides is 1. The van der Waals surface area contributed by atoms with Gasteiger partial charge in [0.15, 0.2) is 0 Å². The maximum Gasteiger partial charge on any atom is 0.367 e. The molecule has 0 unspecified atom stereocenters. The minimum absolute atomic E-state index is 0.177. The van der Waals surface area contributed by atoms with E-state index in [0.717, 1.165) is 22.6 Å². The van der Waals surface area contributed by atoms with Crippen molar-refractivity contribution in [2.45, 2.75) is 20.4 Å². The van der Waals surface area contributed by atoms with Gasteiger partial charge in [0.25, 0.3) is 5.91 Å². The van der Waals surface area contributed by atoms with Crippen molar-refractivity contribution in [3.05, 3.63) is 33.5 Å². The highest BCUT2D eigenvalue weighted by Gasteiger charge is 2.16. The normalized spacial score (nSPS) is 10.3. The lowest BCUT2D eigenvalue weighted by molar-refractivity contribution is 0.0526. The fraction of sp³-hybridized carbons (Fsp3) is 0.333. The number of rotatable bonds is 5. The number of hydrogen-bond donors (Lipinski definition) is 2. The first-order valence-electron chi connectivity index (χ1n) is 6.01. The summed E-state index contributed by atoms with van der Waals surface area (Å²) in [7, 11) is 0. The number of thiazole rings is 1. The molecule has 20 heavy (non-hydrogen) atoms. The Kier molecular flexibility index (Phi) is 4.46. The number of H-pyrrole nitrogens is 1. The molecule has 2 aromatic rings. The number of nitrogens with one attached hydrogen (secondary N) is 2. The summed E-state index contributed by atoms with van der Waals surface area (Å²) in [5.41, 5.74) is 2.01. The van der Waals surface area contributed by atoms with Gasteiger partial charge in [0, 0.05) is 23.2 Å². The molecule has 7 nitrogen and oxygen atoms in total. The second kappa shape index (κ2) is 6.29. The molecule has 0 aliphatic rings. The summed E-state index contributed by atoms with van der Waals surface area (Å²) in [6.45, 7) is 4.22. The van der Waals surface area contributed by atoms with Gasteiger partial charge in [0.1, 0.15) is 5.69 Å². The van der Waals surface area contributed by atoms with Crippen molar-refractivity contribution >= 4 is 23.2 Å². The number of aryl methyl sites for hydroxylation is 1. The summed E-state index contributed by atoms with van der Waals surface area (Å²) in [4.78, 5) is 27.3. The third-order valence-corrected chi connectivity index (χ3v) is 3.38. The summed E-state index contributed by atoms with van der Waals surface area (Å²) >= 11 is 1.09. The molecule has 0 saturated carbocycles. The Labute approximate surface area is 119 Å². The molecule has 0 aliphatic heterocycles. The third kappa shape index (κ3) is 3.21. The van der Waals surface area contributed by atoms with Crippen molar-refractivity contribution in [3.8, 4) is 0 Å². The van der Waals surface area contributed by atoms with Crippen molar-refractivity contribution < 1.29 is 14.3 Å². The molecular formula is C12H14N4O3S. The molecule has 0 radical (unpaired) electrons. The number of carbonyl (C=O) groups excluding carboxylic acids is 2. The van der Waals surface area contributed by atoms with Gasteiger partial charge in [0.05, 0.1) is 12.8 Å². The first-order chi connectivity index (χ1) is 9.61. The van der Waals surface area contributed by atoms with Gasteiger partial charge in [-0.2, -0.15) is 5.10 Å². The van der Waals surface area contributed by atoms with Crippen LogP contribution < -0.4 is 5.32 Å². The summed E-state index contributed by atoms with van der Waals surface area (Å²) < 4.78 is 4.82. The van der Waals surface area contributed by atoms with Crippen LogP contribution in [0, 0.1) is 6.92 Å². The topological polar surface area (TPSA) is 97.0 Å². The fourth-order valence-electron chi connectivity index (χ4n) is 1.48. The van der Waals surface area contributed by atoms with E-state index in [1.165, 1.54) is 5.38 Å². The molecule has 106 valence electrons. The monoisotopic (exact) mass is 294 g/mol. The molecule has 1 amide bonds. The van der Waals surface area contributed by atoms with E-state index >= 15 is 0 Å². The van der Waals surface area contributed by atoms with Crippen LogP contribution in [0.2, 0.25) is 0 Å². The van der Waals surface area contributed by atoms with Crippen LogP contribution >= 0.6 is 11.3 Å². The second-order valence-electron chi connectivity index (χ2n) is 3.96. The number of ether oxygens (including phenoxy) is 1. The molecule has 0 bridgehead atoms. The van der Waals surface area contributed by atoms with Crippen LogP contribution in [0.1, 0.15) is 38.5 Å². The molecule has 8 heteroatoms. The predicted octanol–water partition coefficient (Wildman–Crippen LogP) is 1.28. The van der Waals surface area contributed by atoms with E-state index in [0.29, 0.717) is 6.54 Å². The second-order valence-corrected chi connectivity index (χ2v) is 4.82. The molecule has 0 saturated heterocycles. The summed E-state index contributed by atoms with van der Waals surface area (Å²) in [6.07, 6.45) is 1.65. The first kappa shape index (κ1) is 14.2. The average Bonchev–Trinajstić information content (AvgIpc) is 3.05. The minimum atomic E-state index is -0.512. The minimum Gasteiger partial charge on any atom is -0.461 e. The van der Waals surface area contributed by atoms with E-state index < -0.39 is 5.97 Å². The van der Waals surface area contributed by atoms with Crippen molar-refractivity contribution in [3.63, 3.8) is 0 Å². The van der Waals surface area contributed by atoms with Crippen molar-refractivity contribution in [1.82, 2.24) is 20.5 Å². The van der Waals surface area contributed by atoms with Gasteiger partial charge in [0.2, 0.25) is 5.01 Å². The van der Waals surface area contributed by atoms with E-state index in [1.54, 1.807) is 13.1 Å². The fourth-order valence-corrected chi connectivity index (χ4v) is 2.17. The van der Waals surface area contributed by atoms with E-state index in [4.69, 9.17) is 4.74 Å². The van der Waals surface area contributed by atoms with E-state index in [2.05, 4.69) is 20.5 Å². The van der Waals surface area contributed by atoms with Gasteiger partial charge in [-0.15, -0.1) is 11.3 Å². The van der Waals surface area contributed by atoms with Crippen LogP contribution in [-0.4, -0.2) is 33.7 Å². The maximum atomic E-state index is 11.9. The molecule has 2 rings (SSSR count). The van der Waals surface area contributed by atoms with Crippen LogP contribution in [0.4, 0.5) is 0 Å². The molecule has 2 heterocycles. The van der Waals surface area contributed by atoms with Gasteiger partial charge in [-0.05, 0) is 13.8 Å². The van der Waals surface area contributed by atoms with Crippen LogP contribution in [0.3, 0.4) is 0 Å². The number of nitrogens with zero attached hydrogens (tertiary/aromatic N) is 2. The number of aromatic amines is 1. The van der Waals surface area contributed by atoms with Crippen molar-refractivity contribution in [2.24, 2.45) is 0 Å². The van der Waals surface area contributed by atoms with Crippen LogP contribution in [0.5, 0.6) is 0 Å². The molecule has 0 aliphatic carbocycles. The zero-order chi connectivity index (χ0) is 14.5. The van der Waals surface area contributed by atoms with Gasteiger partial charge in [-0.1, -0.05) is 0 Å². The molecule has 2 aromatic heterocycles. The summed E-state index contributed by atoms with van der Waals surface area (Å²) in [5, 5.41) is 11.1. The SMILES string of the molecule is CCOC(=O)c1nc(C(=O)NCc2cn[nH]c2C)cs1. The van der Waals surface area contributed by atoms with Gasteiger partial charge in [-0.3, -0.25) is 9.89 Å². The molecular weight excluding hydrogens is 280 g/mol. The quantitative estimate of drug-likeness (QED) is 0.810. The van der Waals surface area contributed by atoms with E-state index in [1.807, 2.05) is 6.92 Å². The largest absolute Gasteiger partial charge is 0.461 e. The number of esters is 1. The Bertz CT molecular complexity index is 620. The van der Waals surface area contributed by atoms with Gasteiger partial charge in [-0.25, -0.2) is 9.78 Å². The Morgan fingerprint density at radius 1 is 1.50 bits per heavy atom. The lowest BCUT2D eigenvalue weighted by Crippen LogP contribution is -2.23. The van der Waals surface area contributed by atoms with Gasteiger partial charge >= 0.3 is 5.97 Å². The first-order valence-corrected chi connectivity index (χ1v) is 6.89. The Hall–Kier alpha value is -2.22. The Morgan fingerprint density at radius 2 is 2.30 bits per heavy atom. The average molecular weight is 294 g/mol. The zero-order valence-electron chi connectivity index (χ0n) is 11.1. The lowest BCUT2D eigenvalue weighted by Gasteiger charge is -2.01. The standard InChI is InChI=1S/C12H14N4O3S/c1-3-19-12(18)11-15-9(6-20-11)10(17)13-4-8-5-14-16-7(8)2/h5-6H,3-4H2,1-2H3,(H,13,17)(H,14,16). The molecule has 2 N–H and O–H groups in total. The Morgan fingerprint density at radius 3 is 2.95 bits per heavy atom. The lowest BCUT2D eigenvalue weighted by atomic mass is 10.2. The van der Waals surface area contributed by atoms with Crippen LogP contribution in [-0.2, 0) is 11.3 Å². The number of aromatic nitrogens is 3. The highest BCUT2D eigenvalue weighted by atomic mass is 32.1. The predicted molar refractivity (Wildman–Crippen MR) is 72.6 cm³/mol. The zero-order valence-corrected chi connectivity index (χ0v) is 11.9. The maximum absolute atomic E-state index is 11.9. The summed E-state index contributed by atoms with van der Waals surface area (Å²) in [6, 6.07) is 0. The summed E-state index contributed by atoms with van der Waals surface area (Å²) in [5.74, 6) is -0.848. The highest BCUT2D eigenvalue weighted by Crippen LogP contribution is 2.11.